The van der Waals surface area contributed by atoms with E-state index in [1.807, 2.05) is 37.4 Å². The standard InChI is InChI=1S/C12H10Br2N2OS/c1-16(8-5-3-2-4-6-8)15-12(17)10-7-9(13)11(14)18-10/h2-7H,1H3,(H,15,17). The number of halogens is 2. The Hall–Kier alpha value is -0.850. The van der Waals surface area contributed by atoms with Crippen LogP contribution in [0.2, 0.25) is 0 Å². The average Bonchev–Trinajstić information content (AvgIpc) is 2.71. The molecule has 0 fully saturated rings. The first-order valence-electron chi connectivity index (χ1n) is 5.12. The number of rotatable bonds is 3. The van der Waals surface area contributed by atoms with Gasteiger partial charge in [0, 0.05) is 11.5 Å². The quantitative estimate of drug-likeness (QED) is 0.803. The van der Waals surface area contributed by atoms with Gasteiger partial charge in [-0.1, -0.05) is 18.2 Å². The number of hydrogen-bond acceptors (Lipinski definition) is 3. The molecule has 0 aliphatic rings. The van der Waals surface area contributed by atoms with Crippen molar-refractivity contribution in [2.75, 3.05) is 12.1 Å². The largest absolute Gasteiger partial charge is 0.288 e. The molecule has 3 nitrogen and oxygen atoms in total. The zero-order valence-corrected chi connectivity index (χ0v) is 13.5. The highest BCUT2D eigenvalue weighted by atomic mass is 79.9. The van der Waals surface area contributed by atoms with E-state index in [0.717, 1.165) is 13.9 Å². The molecule has 94 valence electrons. The number of nitrogens with zero attached hydrogens (tertiary/aromatic N) is 1. The van der Waals surface area contributed by atoms with Crippen LogP contribution < -0.4 is 10.4 Å². The second-order valence-electron chi connectivity index (χ2n) is 3.57. The van der Waals surface area contributed by atoms with Gasteiger partial charge in [0.25, 0.3) is 5.91 Å². The summed E-state index contributed by atoms with van der Waals surface area (Å²) in [6.07, 6.45) is 0. The number of nitrogens with one attached hydrogen (secondary N) is 1. The molecule has 2 aromatic rings. The molecule has 0 unspecified atom stereocenters. The van der Waals surface area contributed by atoms with Crippen molar-refractivity contribution in [3.8, 4) is 0 Å². The maximum atomic E-state index is 12.0. The smallest absolute Gasteiger partial charge is 0.279 e. The molecule has 0 saturated heterocycles. The van der Waals surface area contributed by atoms with Gasteiger partial charge in [0.1, 0.15) is 0 Å². The van der Waals surface area contributed by atoms with Crippen LogP contribution >= 0.6 is 43.2 Å². The second kappa shape index (κ2) is 5.86. The summed E-state index contributed by atoms with van der Waals surface area (Å²) >= 11 is 8.13. The molecule has 0 saturated carbocycles. The van der Waals surface area contributed by atoms with Gasteiger partial charge in [-0.2, -0.15) is 0 Å². The number of benzene rings is 1. The summed E-state index contributed by atoms with van der Waals surface area (Å²) in [5.41, 5.74) is 3.75. The summed E-state index contributed by atoms with van der Waals surface area (Å²) < 4.78 is 1.80. The van der Waals surface area contributed by atoms with E-state index in [1.54, 1.807) is 11.1 Å². The van der Waals surface area contributed by atoms with Crippen LogP contribution in [0.25, 0.3) is 0 Å². The van der Waals surface area contributed by atoms with Crippen molar-refractivity contribution in [1.82, 2.24) is 5.43 Å². The van der Waals surface area contributed by atoms with Crippen molar-refractivity contribution in [1.29, 1.82) is 0 Å². The van der Waals surface area contributed by atoms with Crippen LogP contribution in [0.3, 0.4) is 0 Å². The lowest BCUT2D eigenvalue weighted by molar-refractivity contribution is 0.0955. The summed E-state index contributed by atoms with van der Waals surface area (Å²) in [5.74, 6) is -0.127. The highest BCUT2D eigenvalue weighted by Gasteiger charge is 2.13. The zero-order valence-electron chi connectivity index (χ0n) is 9.48. The van der Waals surface area contributed by atoms with Gasteiger partial charge in [0.15, 0.2) is 0 Å². The van der Waals surface area contributed by atoms with E-state index >= 15 is 0 Å². The van der Waals surface area contributed by atoms with Crippen molar-refractivity contribution in [3.05, 3.63) is 49.5 Å². The Bertz CT molecular complexity index is 537. The molecule has 0 atom stereocenters. The molecule has 18 heavy (non-hydrogen) atoms. The Morgan fingerprint density at radius 1 is 1.28 bits per heavy atom. The van der Waals surface area contributed by atoms with Crippen molar-refractivity contribution < 1.29 is 4.79 Å². The number of anilines is 1. The van der Waals surface area contributed by atoms with E-state index in [1.165, 1.54) is 11.3 Å². The SMILES string of the molecule is CN(NC(=O)c1cc(Br)c(Br)s1)c1ccccc1. The number of para-hydroxylation sites is 1. The summed E-state index contributed by atoms with van der Waals surface area (Å²) in [4.78, 5) is 12.7. The van der Waals surface area contributed by atoms with Gasteiger partial charge < -0.3 is 0 Å². The molecule has 0 aliphatic carbocycles. The number of carbonyl (C=O) groups is 1. The highest BCUT2D eigenvalue weighted by Crippen LogP contribution is 2.32. The first-order valence-corrected chi connectivity index (χ1v) is 7.53. The third-order valence-corrected chi connectivity index (χ3v) is 5.54. The lowest BCUT2D eigenvalue weighted by atomic mass is 10.3. The monoisotopic (exact) mass is 388 g/mol. The number of hydrazine groups is 1. The Morgan fingerprint density at radius 3 is 2.50 bits per heavy atom. The second-order valence-corrected chi connectivity index (χ2v) is 6.79. The van der Waals surface area contributed by atoms with Gasteiger partial charge >= 0.3 is 0 Å². The molecular formula is C12H10Br2N2OS. The minimum atomic E-state index is -0.127. The highest BCUT2D eigenvalue weighted by molar-refractivity contribution is 9.13. The van der Waals surface area contributed by atoms with E-state index in [2.05, 4.69) is 37.3 Å². The molecule has 0 aliphatic heterocycles. The summed E-state index contributed by atoms with van der Waals surface area (Å²) in [5, 5.41) is 1.70. The molecule has 6 heteroatoms. The molecule has 2 rings (SSSR count). The molecular weight excluding hydrogens is 380 g/mol. The fourth-order valence-corrected chi connectivity index (χ4v) is 3.31. The fraction of sp³-hybridized carbons (Fsp3) is 0.0833. The number of carbonyl (C=O) groups excluding carboxylic acids is 1. The van der Waals surface area contributed by atoms with Gasteiger partial charge in [-0.05, 0) is 50.1 Å². The van der Waals surface area contributed by atoms with E-state index in [-0.39, 0.29) is 5.91 Å². The van der Waals surface area contributed by atoms with E-state index in [9.17, 15) is 4.79 Å². The van der Waals surface area contributed by atoms with Crippen LogP contribution in [0.1, 0.15) is 9.67 Å². The average molecular weight is 390 g/mol. The van der Waals surface area contributed by atoms with Gasteiger partial charge in [0.05, 0.1) is 14.4 Å². The van der Waals surface area contributed by atoms with Gasteiger partial charge in [-0.3, -0.25) is 15.2 Å². The third kappa shape index (κ3) is 3.13. The van der Waals surface area contributed by atoms with E-state index in [4.69, 9.17) is 0 Å². The normalized spacial score (nSPS) is 10.2. The van der Waals surface area contributed by atoms with Crippen LogP contribution in [-0.4, -0.2) is 13.0 Å². The van der Waals surface area contributed by atoms with Gasteiger partial charge in [0.2, 0.25) is 0 Å². The Balaban J connectivity index is 2.08. The van der Waals surface area contributed by atoms with E-state index in [0.29, 0.717) is 4.88 Å². The topological polar surface area (TPSA) is 32.3 Å². The Kier molecular flexibility index (Phi) is 4.42. The number of hydrogen-bond donors (Lipinski definition) is 1. The van der Waals surface area contributed by atoms with Gasteiger partial charge in [-0.25, -0.2) is 0 Å². The molecule has 0 bridgehead atoms. The lowest BCUT2D eigenvalue weighted by Gasteiger charge is -2.19. The van der Waals surface area contributed by atoms with Crippen LogP contribution in [0, 0.1) is 0 Å². The number of amides is 1. The molecule has 1 N–H and O–H groups in total. The molecule has 0 spiro atoms. The number of thiophene rings is 1. The summed E-state index contributed by atoms with van der Waals surface area (Å²) in [6.45, 7) is 0. The first-order chi connectivity index (χ1) is 8.58. The van der Waals surface area contributed by atoms with Gasteiger partial charge in [-0.15, -0.1) is 11.3 Å². The summed E-state index contributed by atoms with van der Waals surface area (Å²) in [7, 11) is 1.81. The predicted molar refractivity (Wildman–Crippen MR) is 82.0 cm³/mol. The molecule has 1 amide bonds. The minimum absolute atomic E-state index is 0.127. The maximum absolute atomic E-state index is 12.0. The zero-order chi connectivity index (χ0) is 13.1. The minimum Gasteiger partial charge on any atom is -0.288 e. The fourth-order valence-electron chi connectivity index (χ4n) is 1.38. The van der Waals surface area contributed by atoms with Crippen molar-refractivity contribution in [3.63, 3.8) is 0 Å². The first kappa shape index (κ1) is 13.6. The van der Waals surface area contributed by atoms with Crippen molar-refractivity contribution in [2.45, 2.75) is 0 Å². The molecule has 1 aromatic heterocycles. The maximum Gasteiger partial charge on any atom is 0.279 e. The van der Waals surface area contributed by atoms with Crippen LogP contribution in [0.15, 0.2) is 44.7 Å². The van der Waals surface area contributed by atoms with E-state index < -0.39 is 0 Å². The lowest BCUT2D eigenvalue weighted by Crippen LogP contribution is -2.38. The third-order valence-electron chi connectivity index (χ3n) is 2.28. The Labute approximate surface area is 126 Å². The molecule has 1 heterocycles. The Morgan fingerprint density at radius 2 is 1.94 bits per heavy atom. The van der Waals surface area contributed by atoms with Crippen LogP contribution in [0.5, 0.6) is 0 Å². The van der Waals surface area contributed by atoms with Crippen LogP contribution in [-0.2, 0) is 0 Å². The molecule has 0 radical (unpaired) electrons. The van der Waals surface area contributed by atoms with Crippen molar-refractivity contribution in [2.24, 2.45) is 0 Å². The van der Waals surface area contributed by atoms with Crippen molar-refractivity contribution >= 4 is 54.8 Å². The molecule has 1 aromatic carbocycles. The van der Waals surface area contributed by atoms with Crippen LogP contribution in [0.4, 0.5) is 5.69 Å². The summed E-state index contributed by atoms with van der Waals surface area (Å²) in [6, 6.07) is 11.4. The predicted octanol–water partition coefficient (Wildman–Crippen LogP) is 4.05.